The van der Waals surface area contributed by atoms with E-state index >= 15 is 0 Å². The highest BCUT2D eigenvalue weighted by molar-refractivity contribution is 5.29. The van der Waals surface area contributed by atoms with Crippen LogP contribution in [0.15, 0.2) is 24.3 Å². The summed E-state index contributed by atoms with van der Waals surface area (Å²) in [6.45, 7) is 1.47. The van der Waals surface area contributed by atoms with Gasteiger partial charge in [-0.1, -0.05) is 24.3 Å². The van der Waals surface area contributed by atoms with Gasteiger partial charge in [-0.05, 0) is 12.5 Å². The molecule has 0 heterocycles. The lowest BCUT2D eigenvalue weighted by atomic mass is 10.0. The predicted molar refractivity (Wildman–Crippen MR) is 42.0 cm³/mol. The van der Waals surface area contributed by atoms with Gasteiger partial charge in [-0.2, -0.15) is 0 Å². The molecule has 1 rings (SSSR count). The first kappa shape index (κ1) is 9.13. The van der Waals surface area contributed by atoms with Crippen LogP contribution >= 0.6 is 0 Å². The fraction of sp³-hybridized carbons (Fsp3) is 0.333. The Bertz CT molecular complexity index is 231. The lowest BCUT2D eigenvalue weighted by Crippen LogP contribution is -1.97. The molecule has 1 unspecified atom stereocenters. The van der Waals surface area contributed by atoms with Gasteiger partial charge in [-0.15, -0.1) is 0 Å². The molecule has 1 aromatic rings. The summed E-state index contributed by atoms with van der Waals surface area (Å²) in [4.78, 5) is 0. The third-order valence-corrected chi connectivity index (χ3v) is 1.68. The van der Waals surface area contributed by atoms with Crippen molar-refractivity contribution in [1.82, 2.24) is 0 Å². The molecule has 0 spiro atoms. The molecule has 0 aromatic heterocycles. The standard InChI is InChI=1S/C9H10F2O/c1-6(12)7-4-2-3-5-8(7)9(10)11/h2-6,9,12H,1H3. The van der Waals surface area contributed by atoms with E-state index in [0.717, 1.165) is 0 Å². The predicted octanol–water partition coefficient (Wildman–Crippen LogP) is 2.68. The molecule has 0 saturated carbocycles. The van der Waals surface area contributed by atoms with E-state index in [9.17, 15) is 8.78 Å². The minimum Gasteiger partial charge on any atom is -0.389 e. The van der Waals surface area contributed by atoms with Crippen molar-refractivity contribution in [1.29, 1.82) is 0 Å². The van der Waals surface area contributed by atoms with E-state index in [2.05, 4.69) is 0 Å². The first-order chi connectivity index (χ1) is 5.63. The van der Waals surface area contributed by atoms with Crippen LogP contribution < -0.4 is 0 Å². The Hall–Kier alpha value is -0.960. The number of aliphatic hydroxyl groups is 1. The van der Waals surface area contributed by atoms with Gasteiger partial charge in [0.25, 0.3) is 6.43 Å². The number of hydrogen-bond donors (Lipinski definition) is 1. The molecule has 0 aliphatic rings. The molecule has 1 nitrogen and oxygen atoms in total. The van der Waals surface area contributed by atoms with E-state index in [1.54, 1.807) is 6.07 Å². The van der Waals surface area contributed by atoms with Crippen LogP contribution in [0.4, 0.5) is 8.78 Å². The molecular weight excluding hydrogens is 162 g/mol. The van der Waals surface area contributed by atoms with Crippen molar-refractivity contribution < 1.29 is 13.9 Å². The van der Waals surface area contributed by atoms with E-state index in [1.807, 2.05) is 0 Å². The van der Waals surface area contributed by atoms with Crippen LogP contribution in [-0.2, 0) is 0 Å². The lowest BCUT2D eigenvalue weighted by Gasteiger charge is -2.10. The molecule has 0 amide bonds. The molecule has 12 heavy (non-hydrogen) atoms. The van der Waals surface area contributed by atoms with Crippen molar-refractivity contribution in [2.75, 3.05) is 0 Å². The van der Waals surface area contributed by atoms with Gasteiger partial charge in [0.05, 0.1) is 6.10 Å². The summed E-state index contributed by atoms with van der Waals surface area (Å²) in [5, 5.41) is 9.12. The monoisotopic (exact) mass is 172 g/mol. The molecule has 66 valence electrons. The second-order valence-corrected chi connectivity index (χ2v) is 2.61. The van der Waals surface area contributed by atoms with Crippen molar-refractivity contribution in [2.45, 2.75) is 19.5 Å². The second kappa shape index (κ2) is 3.63. The Kier molecular flexibility index (Phi) is 2.76. The molecule has 1 atom stereocenters. The maximum Gasteiger partial charge on any atom is 0.264 e. The Balaban J connectivity index is 3.09. The topological polar surface area (TPSA) is 20.2 Å². The highest BCUT2D eigenvalue weighted by Crippen LogP contribution is 2.26. The highest BCUT2D eigenvalue weighted by atomic mass is 19.3. The maximum absolute atomic E-state index is 12.3. The molecule has 1 N–H and O–H groups in total. The fourth-order valence-electron chi connectivity index (χ4n) is 1.09. The zero-order valence-corrected chi connectivity index (χ0v) is 6.67. The van der Waals surface area contributed by atoms with Gasteiger partial charge in [0.1, 0.15) is 0 Å². The van der Waals surface area contributed by atoms with Gasteiger partial charge >= 0.3 is 0 Å². The van der Waals surface area contributed by atoms with Gasteiger partial charge < -0.3 is 5.11 Å². The van der Waals surface area contributed by atoms with Crippen LogP contribution in [0.1, 0.15) is 30.6 Å². The van der Waals surface area contributed by atoms with Crippen molar-refractivity contribution in [3.05, 3.63) is 35.4 Å². The van der Waals surface area contributed by atoms with Crippen LogP contribution in [0, 0.1) is 0 Å². The highest BCUT2D eigenvalue weighted by Gasteiger charge is 2.14. The number of alkyl halides is 2. The first-order valence-corrected chi connectivity index (χ1v) is 3.68. The van der Waals surface area contributed by atoms with E-state index in [4.69, 9.17) is 5.11 Å². The molecule has 0 bridgehead atoms. The van der Waals surface area contributed by atoms with Crippen molar-refractivity contribution in [3.8, 4) is 0 Å². The molecule has 0 radical (unpaired) electrons. The summed E-state index contributed by atoms with van der Waals surface area (Å²) in [6, 6.07) is 6.00. The molecule has 0 aliphatic carbocycles. The average molecular weight is 172 g/mol. The van der Waals surface area contributed by atoms with E-state index in [0.29, 0.717) is 5.56 Å². The summed E-state index contributed by atoms with van der Waals surface area (Å²) in [5.74, 6) is 0. The maximum atomic E-state index is 12.3. The summed E-state index contributed by atoms with van der Waals surface area (Å²) in [5.41, 5.74) is 0.208. The number of rotatable bonds is 2. The zero-order valence-electron chi connectivity index (χ0n) is 6.67. The van der Waals surface area contributed by atoms with Crippen LogP contribution in [0.5, 0.6) is 0 Å². The third-order valence-electron chi connectivity index (χ3n) is 1.68. The van der Waals surface area contributed by atoms with Gasteiger partial charge in [0.2, 0.25) is 0 Å². The smallest absolute Gasteiger partial charge is 0.264 e. The van der Waals surface area contributed by atoms with Crippen LogP contribution in [0.25, 0.3) is 0 Å². The number of benzene rings is 1. The SMILES string of the molecule is CC(O)c1ccccc1C(F)F. The Morgan fingerprint density at radius 1 is 1.17 bits per heavy atom. The van der Waals surface area contributed by atoms with E-state index in [-0.39, 0.29) is 5.56 Å². The minimum absolute atomic E-state index is 0.0903. The normalized spacial score (nSPS) is 13.4. The van der Waals surface area contributed by atoms with Crippen LogP contribution in [0.3, 0.4) is 0 Å². The zero-order chi connectivity index (χ0) is 9.14. The quantitative estimate of drug-likeness (QED) is 0.727. The largest absolute Gasteiger partial charge is 0.389 e. The lowest BCUT2D eigenvalue weighted by molar-refractivity contribution is 0.140. The van der Waals surface area contributed by atoms with Crippen molar-refractivity contribution in [3.63, 3.8) is 0 Å². The molecular formula is C9H10F2O. The Morgan fingerprint density at radius 3 is 2.00 bits per heavy atom. The summed E-state index contributed by atoms with van der Waals surface area (Å²) in [6.07, 6.45) is -3.36. The van der Waals surface area contributed by atoms with Crippen LogP contribution in [0.2, 0.25) is 0 Å². The summed E-state index contributed by atoms with van der Waals surface area (Å²) < 4.78 is 24.6. The summed E-state index contributed by atoms with van der Waals surface area (Å²) >= 11 is 0. The minimum atomic E-state index is -2.52. The number of aliphatic hydroxyl groups excluding tert-OH is 1. The molecule has 3 heteroatoms. The second-order valence-electron chi connectivity index (χ2n) is 2.61. The van der Waals surface area contributed by atoms with Gasteiger partial charge in [0, 0.05) is 5.56 Å². The van der Waals surface area contributed by atoms with Gasteiger partial charge in [-0.3, -0.25) is 0 Å². The van der Waals surface area contributed by atoms with Crippen LogP contribution in [-0.4, -0.2) is 5.11 Å². The van der Waals surface area contributed by atoms with Crippen molar-refractivity contribution in [2.24, 2.45) is 0 Å². The van der Waals surface area contributed by atoms with Gasteiger partial charge in [0.15, 0.2) is 0 Å². The van der Waals surface area contributed by atoms with E-state index < -0.39 is 12.5 Å². The average Bonchev–Trinajstić information content (AvgIpc) is 2.04. The van der Waals surface area contributed by atoms with Gasteiger partial charge in [-0.25, -0.2) is 8.78 Å². The summed E-state index contributed by atoms with van der Waals surface area (Å²) in [7, 11) is 0. The molecule has 0 saturated heterocycles. The molecule has 1 aromatic carbocycles. The number of halogens is 2. The number of hydrogen-bond acceptors (Lipinski definition) is 1. The van der Waals surface area contributed by atoms with Crippen molar-refractivity contribution >= 4 is 0 Å². The fourth-order valence-corrected chi connectivity index (χ4v) is 1.09. The third kappa shape index (κ3) is 1.80. The Labute approximate surface area is 69.7 Å². The Morgan fingerprint density at radius 2 is 1.67 bits per heavy atom. The first-order valence-electron chi connectivity index (χ1n) is 3.68. The molecule has 0 fully saturated rings. The van der Waals surface area contributed by atoms with E-state index in [1.165, 1.54) is 25.1 Å². The molecule has 0 aliphatic heterocycles.